The fourth-order valence-corrected chi connectivity index (χ4v) is 4.54. The molecular weight excluding hydrogens is 432 g/mol. The number of anilines is 1. The first-order chi connectivity index (χ1) is 15.5. The fourth-order valence-electron chi connectivity index (χ4n) is 3.38. The Morgan fingerprint density at radius 1 is 1.03 bits per heavy atom. The van der Waals surface area contributed by atoms with Gasteiger partial charge in [-0.2, -0.15) is 5.10 Å². The molecule has 0 radical (unpaired) electrons. The molecule has 7 nitrogen and oxygen atoms in total. The van der Waals surface area contributed by atoms with Crippen molar-refractivity contribution >= 4 is 30.8 Å². The van der Waals surface area contributed by atoms with Crippen molar-refractivity contribution in [3.8, 4) is 5.75 Å². The second-order valence-corrected chi connectivity index (χ2v) is 14.6. The van der Waals surface area contributed by atoms with Gasteiger partial charge < -0.3 is 15.4 Å². The summed E-state index contributed by atoms with van der Waals surface area (Å²) in [6, 6.07) is 15.9. The van der Waals surface area contributed by atoms with Crippen LogP contribution in [0.25, 0.3) is 0 Å². The van der Waals surface area contributed by atoms with Crippen LogP contribution >= 0.6 is 0 Å². The molecule has 2 aromatic carbocycles. The molecule has 3 aromatic rings. The van der Waals surface area contributed by atoms with Gasteiger partial charge in [0, 0.05) is 18.1 Å². The van der Waals surface area contributed by atoms with Crippen LogP contribution in [0.5, 0.6) is 5.75 Å². The van der Waals surface area contributed by atoms with E-state index in [1.807, 2.05) is 12.1 Å². The molecule has 1 atom stereocenters. The molecule has 0 aliphatic heterocycles. The molecule has 0 fully saturated rings. The van der Waals surface area contributed by atoms with Gasteiger partial charge in [0.25, 0.3) is 5.91 Å². The fraction of sp³-hybridized carbons (Fsp3) is 0.320. The highest BCUT2D eigenvalue weighted by Crippen LogP contribution is 2.22. The zero-order chi connectivity index (χ0) is 24.2. The lowest BCUT2D eigenvalue weighted by atomic mass is 10.0. The molecule has 1 aromatic heterocycles. The number of nitrogens with one attached hydrogen (secondary N) is 2. The lowest BCUT2D eigenvalue weighted by Crippen LogP contribution is -2.48. The Bertz CT molecular complexity index is 1090. The third-order valence-corrected chi connectivity index (χ3v) is 7.70. The number of carbonyl (C=O) groups excluding carboxylic acids is 2. The Balaban J connectivity index is 1.86. The summed E-state index contributed by atoms with van der Waals surface area (Å²) in [6.07, 6.45) is 3.34. The van der Waals surface area contributed by atoms with Gasteiger partial charge in [-0.3, -0.25) is 14.3 Å². The molecule has 3 rings (SSSR count). The van der Waals surface area contributed by atoms with E-state index in [1.54, 1.807) is 68.4 Å². The summed E-state index contributed by atoms with van der Waals surface area (Å²) in [5.74, 6) is 0.0184. The van der Waals surface area contributed by atoms with Gasteiger partial charge in [-0.1, -0.05) is 49.1 Å². The number of amides is 2. The van der Waals surface area contributed by atoms with Crippen LogP contribution in [0.3, 0.4) is 0 Å². The molecule has 1 heterocycles. The smallest absolute Gasteiger partial charge is 0.251 e. The molecule has 0 aliphatic rings. The summed E-state index contributed by atoms with van der Waals surface area (Å²) >= 11 is 0. The van der Waals surface area contributed by atoms with E-state index in [2.05, 4.69) is 47.5 Å². The van der Waals surface area contributed by atoms with Gasteiger partial charge in [-0.15, -0.1) is 0 Å². The zero-order valence-corrected chi connectivity index (χ0v) is 21.0. The largest absolute Gasteiger partial charge is 0.497 e. The van der Waals surface area contributed by atoms with E-state index in [9.17, 15) is 9.59 Å². The van der Waals surface area contributed by atoms with Gasteiger partial charge in [0.1, 0.15) is 17.3 Å². The maximum atomic E-state index is 13.3. The first-order valence-corrected chi connectivity index (χ1v) is 14.4. The standard InChI is InChI=1S/C25H32N4O3Si/c1-25(2,29-17-7-16-26-29)24(31)28-22(18-8-12-20(32-3)13-9-18)23(30)27-19-10-14-21(15-11-19)33(4,5)6/h7-17,22H,1-6H3,(H,27,30)(H,28,31). The molecule has 2 N–H and O–H groups in total. The minimum Gasteiger partial charge on any atom is -0.497 e. The first kappa shape index (κ1) is 24.3. The Kier molecular flexibility index (Phi) is 7.07. The third kappa shape index (κ3) is 5.70. The number of benzene rings is 2. The quantitative estimate of drug-likeness (QED) is 0.498. The van der Waals surface area contributed by atoms with Gasteiger partial charge in [0.15, 0.2) is 0 Å². The minimum absolute atomic E-state index is 0.323. The Hall–Kier alpha value is -3.39. The normalized spacial score (nSPS) is 12.7. The van der Waals surface area contributed by atoms with Crippen molar-refractivity contribution < 1.29 is 14.3 Å². The van der Waals surface area contributed by atoms with Gasteiger partial charge in [0.2, 0.25) is 5.91 Å². The van der Waals surface area contributed by atoms with Crippen LogP contribution in [0.2, 0.25) is 19.6 Å². The molecular formula is C25H32N4O3Si. The molecule has 0 aliphatic carbocycles. The van der Waals surface area contributed by atoms with Crippen molar-refractivity contribution in [2.24, 2.45) is 0 Å². The van der Waals surface area contributed by atoms with Crippen molar-refractivity contribution in [3.63, 3.8) is 0 Å². The number of methoxy groups -OCH3 is 1. The average Bonchev–Trinajstić information content (AvgIpc) is 3.33. The van der Waals surface area contributed by atoms with Gasteiger partial charge in [-0.25, -0.2) is 0 Å². The van der Waals surface area contributed by atoms with E-state index >= 15 is 0 Å². The Morgan fingerprint density at radius 3 is 2.18 bits per heavy atom. The predicted octanol–water partition coefficient (Wildman–Crippen LogP) is 3.67. The van der Waals surface area contributed by atoms with Gasteiger partial charge in [0.05, 0.1) is 15.2 Å². The molecule has 0 saturated heterocycles. The number of rotatable bonds is 8. The molecule has 1 unspecified atom stereocenters. The van der Waals surface area contributed by atoms with Crippen molar-refractivity contribution in [3.05, 3.63) is 72.6 Å². The van der Waals surface area contributed by atoms with E-state index in [0.29, 0.717) is 17.0 Å². The summed E-state index contributed by atoms with van der Waals surface area (Å²) in [5.41, 5.74) is 0.353. The van der Waals surface area contributed by atoms with E-state index < -0.39 is 19.7 Å². The maximum absolute atomic E-state index is 13.3. The topological polar surface area (TPSA) is 85.2 Å². The summed E-state index contributed by atoms with van der Waals surface area (Å²) in [5, 5.41) is 11.4. The highest BCUT2D eigenvalue weighted by Gasteiger charge is 2.34. The van der Waals surface area contributed by atoms with Crippen molar-refractivity contribution in [1.82, 2.24) is 15.1 Å². The lowest BCUT2D eigenvalue weighted by Gasteiger charge is -2.28. The van der Waals surface area contributed by atoms with Crippen LogP contribution in [-0.2, 0) is 15.1 Å². The third-order valence-electron chi connectivity index (χ3n) is 5.64. The number of hydrogen-bond acceptors (Lipinski definition) is 4. The van der Waals surface area contributed by atoms with Crippen LogP contribution in [-0.4, -0.2) is 36.8 Å². The molecule has 0 saturated carbocycles. The van der Waals surface area contributed by atoms with Crippen LogP contribution in [0.1, 0.15) is 25.5 Å². The SMILES string of the molecule is COc1ccc(C(NC(=O)C(C)(C)n2cccn2)C(=O)Nc2ccc([Si](C)(C)C)cc2)cc1. The number of carbonyl (C=O) groups is 2. The molecule has 33 heavy (non-hydrogen) atoms. The summed E-state index contributed by atoms with van der Waals surface area (Å²) < 4.78 is 6.80. The maximum Gasteiger partial charge on any atom is 0.251 e. The molecule has 0 spiro atoms. The minimum atomic E-state index is -1.44. The Morgan fingerprint density at radius 2 is 1.67 bits per heavy atom. The average molecular weight is 465 g/mol. The van der Waals surface area contributed by atoms with Crippen molar-refractivity contribution in [2.75, 3.05) is 12.4 Å². The molecule has 0 bridgehead atoms. The summed E-state index contributed by atoms with van der Waals surface area (Å²) in [6.45, 7) is 10.3. The van der Waals surface area contributed by atoms with E-state index in [1.165, 1.54) is 5.19 Å². The predicted molar refractivity (Wildman–Crippen MR) is 133 cm³/mol. The van der Waals surface area contributed by atoms with Crippen LogP contribution in [0, 0.1) is 0 Å². The number of hydrogen-bond donors (Lipinski definition) is 2. The second-order valence-electron chi connectivity index (χ2n) is 9.51. The molecule has 8 heteroatoms. The summed E-state index contributed by atoms with van der Waals surface area (Å²) in [7, 11) is 0.142. The Labute approximate surface area is 196 Å². The summed E-state index contributed by atoms with van der Waals surface area (Å²) in [4.78, 5) is 26.5. The number of nitrogens with zero attached hydrogens (tertiary/aromatic N) is 2. The van der Waals surface area contributed by atoms with Gasteiger partial charge in [-0.05, 0) is 49.7 Å². The number of ether oxygens (including phenoxy) is 1. The van der Waals surface area contributed by atoms with Gasteiger partial charge >= 0.3 is 0 Å². The zero-order valence-electron chi connectivity index (χ0n) is 20.0. The second kappa shape index (κ2) is 9.62. The van der Waals surface area contributed by atoms with E-state index in [-0.39, 0.29) is 11.8 Å². The monoisotopic (exact) mass is 464 g/mol. The van der Waals surface area contributed by atoms with Crippen LogP contribution in [0.4, 0.5) is 5.69 Å². The molecule has 2 amide bonds. The van der Waals surface area contributed by atoms with Crippen molar-refractivity contribution in [2.45, 2.75) is 45.1 Å². The van der Waals surface area contributed by atoms with E-state index in [0.717, 1.165) is 0 Å². The van der Waals surface area contributed by atoms with Crippen LogP contribution in [0.15, 0.2) is 67.0 Å². The van der Waals surface area contributed by atoms with E-state index in [4.69, 9.17) is 4.74 Å². The van der Waals surface area contributed by atoms with Crippen molar-refractivity contribution in [1.29, 1.82) is 0 Å². The van der Waals surface area contributed by atoms with Crippen LogP contribution < -0.4 is 20.6 Å². The lowest BCUT2D eigenvalue weighted by molar-refractivity contribution is -0.132. The first-order valence-electron chi connectivity index (χ1n) is 10.9. The highest BCUT2D eigenvalue weighted by molar-refractivity contribution is 6.88. The highest BCUT2D eigenvalue weighted by atomic mass is 28.3. The molecule has 174 valence electrons. The number of aromatic nitrogens is 2.